The van der Waals surface area contributed by atoms with E-state index in [2.05, 4.69) is 10.3 Å². The number of pyridine rings is 1. The highest BCUT2D eigenvalue weighted by Gasteiger charge is 2.22. The number of thiophene rings is 1. The molecule has 0 spiro atoms. The van der Waals surface area contributed by atoms with E-state index < -0.39 is 9.84 Å². The molecule has 0 saturated carbocycles. The fourth-order valence-corrected chi connectivity index (χ4v) is 5.64. The molecule has 2 aromatic heterocycles. The van der Waals surface area contributed by atoms with E-state index in [1.165, 1.54) is 41.7 Å². The summed E-state index contributed by atoms with van der Waals surface area (Å²) in [5.74, 6) is 0.0280. The molecule has 0 aliphatic rings. The lowest BCUT2D eigenvalue weighted by Crippen LogP contribution is -2.21. The SMILES string of the molecule is CCOc1cc(Cl)ccc1S(=O)(=O)c1ccc(CNC(=O)c2cc3ccncc3s2)cc1. The van der Waals surface area contributed by atoms with Crippen molar-refractivity contribution in [2.45, 2.75) is 23.3 Å². The molecule has 164 valence electrons. The molecule has 1 amide bonds. The summed E-state index contributed by atoms with van der Waals surface area (Å²) < 4.78 is 32.6. The van der Waals surface area contributed by atoms with Gasteiger partial charge < -0.3 is 10.1 Å². The van der Waals surface area contributed by atoms with Gasteiger partial charge in [-0.1, -0.05) is 23.7 Å². The number of fused-ring (bicyclic) bond motifs is 1. The predicted molar refractivity (Wildman–Crippen MR) is 125 cm³/mol. The Labute approximate surface area is 194 Å². The van der Waals surface area contributed by atoms with Crippen molar-refractivity contribution < 1.29 is 17.9 Å². The molecule has 0 bridgehead atoms. The summed E-state index contributed by atoms with van der Waals surface area (Å²) in [6.45, 7) is 2.37. The van der Waals surface area contributed by atoms with Gasteiger partial charge in [0.2, 0.25) is 9.84 Å². The van der Waals surface area contributed by atoms with E-state index in [9.17, 15) is 13.2 Å². The van der Waals surface area contributed by atoms with E-state index in [0.717, 1.165) is 15.6 Å². The van der Waals surface area contributed by atoms with Crippen molar-refractivity contribution in [2.24, 2.45) is 0 Å². The normalized spacial score (nSPS) is 11.4. The van der Waals surface area contributed by atoms with Crippen LogP contribution in [0.1, 0.15) is 22.2 Å². The maximum absolute atomic E-state index is 13.1. The van der Waals surface area contributed by atoms with Gasteiger partial charge in [-0.25, -0.2) is 8.42 Å². The summed E-state index contributed by atoms with van der Waals surface area (Å²) in [6.07, 6.45) is 3.42. The Hall–Kier alpha value is -2.94. The zero-order valence-electron chi connectivity index (χ0n) is 17.0. The van der Waals surface area contributed by atoms with Gasteiger partial charge in [-0.3, -0.25) is 9.78 Å². The Morgan fingerprint density at radius 3 is 2.62 bits per heavy atom. The molecule has 1 N–H and O–H groups in total. The first-order valence-electron chi connectivity index (χ1n) is 9.76. The van der Waals surface area contributed by atoms with Gasteiger partial charge in [-0.05, 0) is 54.3 Å². The molecular formula is C23H19ClN2O4S2. The minimum absolute atomic E-state index is 0.0593. The van der Waals surface area contributed by atoms with E-state index >= 15 is 0 Å². The molecule has 0 unspecified atom stereocenters. The highest BCUT2D eigenvalue weighted by Crippen LogP contribution is 2.32. The Morgan fingerprint density at radius 1 is 1.12 bits per heavy atom. The molecule has 0 radical (unpaired) electrons. The smallest absolute Gasteiger partial charge is 0.261 e. The number of carbonyl (C=O) groups is 1. The van der Waals surface area contributed by atoms with Crippen LogP contribution in [0.5, 0.6) is 5.75 Å². The van der Waals surface area contributed by atoms with Crippen molar-refractivity contribution in [3.05, 3.63) is 82.5 Å². The predicted octanol–water partition coefficient (Wildman–Crippen LogP) is 5.11. The summed E-state index contributed by atoms with van der Waals surface area (Å²) in [6, 6.07) is 14.5. The second kappa shape index (κ2) is 9.28. The van der Waals surface area contributed by atoms with Crippen LogP contribution < -0.4 is 10.1 Å². The average Bonchev–Trinajstić information content (AvgIpc) is 3.22. The monoisotopic (exact) mass is 486 g/mol. The number of hydrogen-bond acceptors (Lipinski definition) is 6. The molecular weight excluding hydrogens is 468 g/mol. The maximum atomic E-state index is 13.1. The lowest BCUT2D eigenvalue weighted by Gasteiger charge is -2.12. The summed E-state index contributed by atoms with van der Waals surface area (Å²) in [7, 11) is -3.79. The van der Waals surface area contributed by atoms with Crippen molar-refractivity contribution in [1.82, 2.24) is 10.3 Å². The molecule has 0 atom stereocenters. The number of halogens is 1. The molecule has 0 saturated heterocycles. The van der Waals surface area contributed by atoms with Crippen molar-refractivity contribution >= 4 is 48.8 Å². The lowest BCUT2D eigenvalue weighted by molar-refractivity contribution is 0.0955. The van der Waals surface area contributed by atoms with Gasteiger partial charge in [0.15, 0.2) is 0 Å². The van der Waals surface area contributed by atoms with Crippen LogP contribution in [0.15, 0.2) is 76.8 Å². The van der Waals surface area contributed by atoms with Gasteiger partial charge in [0.25, 0.3) is 5.91 Å². The number of aromatic nitrogens is 1. The maximum Gasteiger partial charge on any atom is 0.261 e. The zero-order valence-corrected chi connectivity index (χ0v) is 19.4. The molecule has 2 heterocycles. The molecule has 0 aliphatic carbocycles. The fraction of sp³-hybridized carbons (Fsp3) is 0.130. The van der Waals surface area contributed by atoms with Crippen LogP contribution in [0.3, 0.4) is 0 Å². The first-order chi connectivity index (χ1) is 15.4. The molecule has 4 aromatic rings. The van der Waals surface area contributed by atoms with Crippen LogP contribution in [0.2, 0.25) is 5.02 Å². The van der Waals surface area contributed by atoms with Crippen LogP contribution in [0, 0.1) is 0 Å². The van der Waals surface area contributed by atoms with Gasteiger partial charge in [-0.2, -0.15) is 0 Å². The Bertz CT molecular complexity index is 1350. The van der Waals surface area contributed by atoms with Gasteiger partial charge in [0, 0.05) is 30.0 Å². The molecule has 2 aromatic carbocycles. The van der Waals surface area contributed by atoms with Gasteiger partial charge >= 0.3 is 0 Å². The summed E-state index contributed by atoms with van der Waals surface area (Å²) >= 11 is 7.36. The van der Waals surface area contributed by atoms with Crippen LogP contribution in [0.4, 0.5) is 0 Å². The second-order valence-electron chi connectivity index (χ2n) is 6.88. The largest absolute Gasteiger partial charge is 0.492 e. The van der Waals surface area contributed by atoms with Crippen LogP contribution in [-0.2, 0) is 16.4 Å². The van der Waals surface area contributed by atoms with Crippen LogP contribution in [0.25, 0.3) is 10.1 Å². The Kier molecular flexibility index (Phi) is 6.45. The molecule has 9 heteroatoms. The first kappa shape index (κ1) is 22.3. The van der Waals surface area contributed by atoms with E-state index in [-0.39, 0.29) is 28.0 Å². The number of sulfone groups is 1. The van der Waals surface area contributed by atoms with Crippen molar-refractivity contribution in [3.8, 4) is 5.75 Å². The number of ether oxygens (including phenoxy) is 1. The lowest BCUT2D eigenvalue weighted by atomic mass is 10.2. The number of rotatable bonds is 7. The quantitative estimate of drug-likeness (QED) is 0.392. The highest BCUT2D eigenvalue weighted by molar-refractivity contribution is 7.91. The summed E-state index contributed by atoms with van der Waals surface area (Å²) in [5.41, 5.74) is 0.779. The number of carbonyl (C=O) groups excluding carboxylic acids is 1. The summed E-state index contributed by atoms with van der Waals surface area (Å²) in [5, 5.41) is 4.23. The minimum atomic E-state index is -3.79. The molecule has 0 fully saturated rings. The Balaban J connectivity index is 1.48. The van der Waals surface area contributed by atoms with E-state index in [1.807, 2.05) is 12.1 Å². The van der Waals surface area contributed by atoms with Crippen molar-refractivity contribution in [3.63, 3.8) is 0 Å². The number of amides is 1. The zero-order chi connectivity index (χ0) is 22.7. The van der Waals surface area contributed by atoms with Crippen LogP contribution in [-0.4, -0.2) is 25.9 Å². The fourth-order valence-electron chi connectivity index (χ4n) is 3.15. The second-order valence-corrected chi connectivity index (χ2v) is 10.3. The summed E-state index contributed by atoms with van der Waals surface area (Å²) in [4.78, 5) is 17.3. The average molecular weight is 487 g/mol. The standard InChI is InChI=1S/C23H19ClN2O4S2/c1-2-30-19-12-17(24)5-8-22(19)32(28,29)18-6-3-15(4-7-18)13-26-23(27)20-11-16-9-10-25-14-21(16)31-20/h3-12,14H,2,13H2,1H3,(H,26,27). The third kappa shape index (κ3) is 4.62. The number of benzene rings is 2. The molecule has 0 aliphatic heterocycles. The number of nitrogens with one attached hydrogen (secondary N) is 1. The van der Waals surface area contributed by atoms with Crippen LogP contribution >= 0.6 is 22.9 Å². The third-order valence-corrected chi connectivity index (χ3v) is 7.86. The molecule has 4 rings (SSSR count). The molecule has 6 nitrogen and oxygen atoms in total. The van der Waals surface area contributed by atoms with Crippen molar-refractivity contribution in [1.29, 1.82) is 0 Å². The minimum Gasteiger partial charge on any atom is -0.492 e. The van der Waals surface area contributed by atoms with E-state index in [1.54, 1.807) is 31.5 Å². The molecule has 32 heavy (non-hydrogen) atoms. The number of nitrogens with zero attached hydrogens (tertiary/aromatic N) is 1. The van der Waals surface area contributed by atoms with Gasteiger partial charge in [0.1, 0.15) is 10.6 Å². The van der Waals surface area contributed by atoms with Gasteiger partial charge in [0.05, 0.1) is 21.1 Å². The van der Waals surface area contributed by atoms with E-state index in [4.69, 9.17) is 16.3 Å². The third-order valence-electron chi connectivity index (χ3n) is 4.73. The Morgan fingerprint density at radius 2 is 1.91 bits per heavy atom. The van der Waals surface area contributed by atoms with Crippen molar-refractivity contribution in [2.75, 3.05) is 6.61 Å². The number of hydrogen-bond donors (Lipinski definition) is 1. The van der Waals surface area contributed by atoms with E-state index in [0.29, 0.717) is 16.5 Å². The van der Waals surface area contributed by atoms with Gasteiger partial charge in [-0.15, -0.1) is 11.3 Å². The first-order valence-corrected chi connectivity index (χ1v) is 12.4. The topological polar surface area (TPSA) is 85.4 Å². The highest BCUT2D eigenvalue weighted by atomic mass is 35.5.